The summed E-state index contributed by atoms with van der Waals surface area (Å²) in [4.78, 5) is 118. The topological polar surface area (TPSA) is 215 Å². The molecule has 16 nitrogen and oxygen atoms in total. The van der Waals surface area contributed by atoms with E-state index in [1.165, 1.54) is 11.1 Å². The highest BCUT2D eigenvalue weighted by Gasteiger charge is 2.47. The number of hydrogen-bond acceptors (Lipinski definition) is 9. The number of Topliss-reactive ketones (excluding diaryl/α,β-unsaturated/α-hetero) is 1. The van der Waals surface area contributed by atoms with Gasteiger partial charge in [-0.15, -0.1) is 0 Å². The van der Waals surface area contributed by atoms with Crippen LogP contribution in [0.5, 0.6) is 0 Å². The number of nitrogens with one attached hydrogen (secondary N) is 6. The number of likely N-dealkylation sites (tertiary alicyclic amines) is 2. The predicted molar refractivity (Wildman–Crippen MR) is 315 cm³/mol. The number of fused-ring (bicyclic) bond motifs is 2. The Morgan fingerprint density at radius 3 is 1.52 bits per heavy atom. The molecule has 0 radical (unpaired) electrons. The van der Waals surface area contributed by atoms with Crippen LogP contribution in [0.2, 0.25) is 0 Å². The SMILES string of the molecule is CCC(CC)C(=O)N[C@H](C(=O)N1C[C@@H](CC(=O)c2ccc(C(=O)N[C@H]3C[C@@H](C(=O)N[C@@H]4CCCc5ccccc54)N(C(=O)[C@@H](NC(=O)[C@H](CC)NC)C4CCCCC4)C3)cc2)C[C@H]1C(=O)N[C@@H]1CCCc2ccccc21)C1CCCCC1. The summed E-state index contributed by atoms with van der Waals surface area (Å²) in [6.45, 7) is 6.13. The van der Waals surface area contributed by atoms with Gasteiger partial charge in [-0.05, 0) is 156 Å². The summed E-state index contributed by atoms with van der Waals surface area (Å²) in [6.07, 6.45) is 16.7. The fourth-order valence-electron chi connectivity index (χ4n) is 14.6. The summed E-state index contributed by atoms with van der Waals surface area (Å²) in [5.41, 5.74) is 5.24. The monoisotopic (exact) mass is 1120 g/mol. The van der Waals surface area contributed by atoms with E-state index < -0.39 is 42.2 Å². The first-order chi connectivity index (χ1) is 39.8. The molecule has 9 rings (SSSR count). The zero-order chi connectivity index (χ0) is 57.9. The van der Waals surface area contributed by atoms with Crippen molar-refractivity contribution in [2.75, 3.05) is 20.1 Å². The van der Waals surface area contributed by atoms with E-state index in [-0.39, 0.29) is 109 Å². The molecule has 4 aliphatic carbocycles. The van der Waals surface area contributed by atoms with Gasteiger partial charge >= 0.3 is 0 Å². The molecule has 0 spiro atoms. The number of benzene rings is 3. The van der Waals surface area contributed by atoms with Crippen LogP contribution in [0.4, 0.5) is 0 Å². The van der Waals surface area contributed by atoms with Gasteiger partial charge in [0.15, 0.2) is 5.78 Å². The lowest BCUT2D eigenvalue weighted by Crippen LogP contribution is -2.58. The van der Waals surface area contributed by atoms with Gasteiger partial charge in [0.25, 0.3) is 5.91 Å². The Balaban J connectivity index is 0.901. The molecule has 2 saturated heterocycles. The predicted octanol–water partition coefficient (Wildman–Crippen LogP) is 8.13. The molecule has 7 amide bonds. The summed E-state index contributed by atoms with van der Waals surface area (Å²) in [7, 11) is 1.73. The average Bonchev–Trinajstić information content (AvgIpc) is 4.30. The lowest BCUT2D eigenvalue weighted by Gasteiger charge is -2.36. The summed E-state index contributed by atoms with van der Waals surface area (Å²) in [6, 6.07) is 17.9. The molecule has 3 aromatic rings. The number of carbonyl (C=O) groups is 8. The zero-order valence-corrected chi connectivity index (χ0v) is 49.0. The molecule has 0 unspecified atom stereocenters. The normalized spacial score (nSPS) is 24.1. The van der Waals surface area contributed by atoms with Gasteiger partial charge in [0.05, 0.1) is 18.1 Å². The molecule has 3 aromatic carbocycles. The Hall–Kier alpha value is -6.42. The minimum Gasteiger partial charge on any atom is -0.347 e. The van der Waals surface area contributed by atoms with Gasteiger partial charge in [-0.25, -0.2) is 0 Å². The van der Waals surface area contributed by atoms with Crippen LogP contribution in [-0.4, -0.2) is 113 Å². The summed E-state index contributed by atoms with van der Waals surface area (Å²) < 4.78 is 0. The molecule has 2 heterocycles. The van der Waals surface area contributed by atoms with Gasteiger partial charge in [0.2, 0.25) is 35.4 Å². The third kappa shape index (κ3) is 14.1. The molecular formula is C66H90N8O8. The Bertz CT molecular complexity index is 2560. The molecule has 0 bridgehead atoms. The number of ketones is 1. The second kappa shape index (κ2) is 28.2. The lowest BCUT2D eigenvalue weighted by atomic mass is 9.82. The van der Waals surface area contributed by atoms with Crippen molar-refractivity contribution in [2.24, 2.45) is 23.7 Å². The van der Waals surface area contributed by atoms with Crippen LogP contribution in [0, 0.1) is 23.7 Å². The quantitative estimate of drug-likeness (QED) is 0.0568. The second-order valence-corrected chi connectivity index (χ2v) is 24.6. The van der Waals surface area contributed by atoms with E-state index in [9.17, 15) is 28.8 Å². The minimum absolute atomic E-state index is 0.0548. The summed E-state index contributed by atoms with van der Waals surface area (Å²) in [5, 5.41) is 19.1. The van der Waals surface area contributed by atoms with E-state index in [0.717, 1.165) is 114 Å². The maximum absolute atomic E-state index is 15.1. The van der Waals surface area contributed by atoms with Crippen LogP contribution in [0.15, 0.2) is 72.8 Å². The second-order valence-electron chi connectivity index (χ2n) is 24.6. The van der Waals surface area contributed by atoms with E-state index in [0.29, 0.717) is 30.4 Å². The van der Waals surface area contributed by atoms with E-state index in [2.05, 4.69) is 50.1 Å². The standard InChI is InChI=1S/C66H90N8O8/c1-5-42(6-2)60(76)71-58(46-22-10-8-11-23-46)65(81)73-39-41(36-55(73)63(79)69-53-30-18-26-43-20-14-16-28-50(43)53)37-57(75)45-32-34-48(35-33-45)61(77)68-49-38-56(64(80)70-54-31-19-27-44-21-15-17-29-51(44)54)74(40-49)66(82)59(47-24-12-9-13-25-47)72-62(78)52(7-3)67-4/h14-17,20-21,28-29,32-35,41-42,46-47,49,52-56,58-59,67H,5-13,18-19,22-27,30-31,36-40H2,1-4H3,(H,68,77)(H,69,79)(H,70,80)(H,71,76)(H,72,78)/t41-,49+,52+,53-,54-,55+,56+,58+,59+/m1/s1. The van der Waals surface area contributed by atoms with Gasteiger partial charge in [0.1, 0.15) is 24.2 Å². The van der Waals surface area contributed by atoms with Crippen LogP contribution in [-0.2, 0) is 41.6 Å². The smallest absolute Gasteiger partial charge is 0.251 e. The molecule has 9 atom stereocenters. The number of hydrogen-bond donors (Lipinski definition) is 6. The number of aryl methyl sites for hydroxylation is 2. The highest BCUT2D eigenvalue weighted by Crippen LogP contribution is 2.36. The summed E-state index contributed by atoms with van der Waals surface area (Å²) >= 11 is 0. The molecule has 6 N–H and O–H groups in total. The van der Waals surface area contributed by atoms with Gasteiger partial charge in [-0.3, -0.25) is 38.4 Å². The molecule has 2 aliphatic heterocycles. The van der Waals surface area contributed by atoms with Crippen molar-refractivity contribution in [1.29, 1.82) is 0 Å². The first kappa shape index (κ1) is 60.2. The zero-order valence-electron chi connectivity index (χ0n) is 49.0. The number of rotatable bonds is 21. The maximum atomic E-state index is 15.1. The van der Waals surface area contributed by atoms with Crippen molar-refractivity contribution in [3.8, 4) is 0 Å². The average molecular weight is 1120 g/mol. The number of amides is 7. The third-order valence-electron chi connectivity index (χ3n) is 19.3. The van der Waals surface area contributed by atoms with Crippen LogP contribution in [0.25, 0.3) is 0 Å². The third-order valence-corrected chi connectivity index (χ3v) is 19.3. The van der Waals surface area contributed by atoms with Gasteiger partial charge in [-0.1, -0.05) is 120 Å². The van der Waals surface area contributed by atoms with E-state index in [1.54, 1.807) is 41.1 Å². The van der Waals surface area contributed by atoms with Crippen LogP contribution in [0.3, 0.4) is 0 Å². The minimum atomic E-state index is -0.899. The molecular weight excluding hydrogens is 1030 g/mol. The first-order valence-electron chi connectivity index (χ1n) is 31.4. The van der Waals surface area contributed by atoms with E-state index in [1.807, 2.05) is 51.1 Å². The first-order valence-corrected chi connectivity index (χ1v) is 31.4. The Morgan fingerprint density at radius 2 is 1.01 bits per heavy atom. The van der Waals surface area contributed by atoms with E-state index >= 15 is 9.59 Å². The fourth-order valence-corrected chi connectivity index (χ4v) is 14.6. The van der Waals surface area contributed by atoms with Crippen LogP contribution >= 0.6 is 0 Å². The van der Waals surface area contributed by atoms with Crippen molar-refractivity contribution < 1.29 is 38.4 Å². The highest BCUT2D eigenvalue weighted by molar-refractivity contribution is 6.00. The molecule has 6 aliphatic rings. The number of likely N-dealkylation sites (N-methyl/N-ethyl adjacent to an activating group) is 1. The van der Waals surface area contributed by atoms with Crippen molar-refractivity contribution in [2.45, 2.75) is 210 Å². The molecule has 2 saturated carbocycles. The Labute approximate surface area is 485 Å². The van der Waals surface area contributed by atoms with Gasteiger partial charge in [0, 0.05) is 42.6 Å². The Morgan fingerprint density at radius 1 is 0.524 bits per heavy atom. The van der Waals surface area contributed by atoms with E-state index in [4.69, 9.17) is 0 Å². The highest BCUT2D eigenvalue weighted by atomic mass is 16.2. The van der Waals surface area contributed by atoms with Crippen LogP contribution in [0.1, 0.15) is 204 Å². The Kier molecular flexibility index (Phi) is 20.7. The molecule has 16 heteroatoms. The largest absolute Gasteiger partial charge is 0.347 e. The van der Waals surface area contributed by atoms with Gasteiger partial charge < -0.3 is 41.7 Å². The van der Waals surface area contributed by atoms with Crippen LogP contribution < -0.4 is 31.9 Å². The molecule has 82 heavy (non-hydrogen) atoms. The van der Waals surface area contributed by atoms with Gasteiger partial charge in [-0.2, -0.15) is 0 Å². The lowest BCUT2D eigenvalue weighted by molar-refractivity contribution is -0.143. The molecule has 0 aromatic heterocycles. The van der Waals surface area contributed by atoms with Crippen molar-refractivity contribution in [3.63, 3.8) is 0 Å². The van der Waals surface area contributed by atoms with Crippen molar-refractivity contribution >= 4 is 47.1 Å². The maximum Gasteiger partial charge on any atom is 0.251 e. The number of nitrogens with zero attached hydrogens (tertiary/aromatic N) is 2. The van der Waals surface area contributed by atoms with Crippen molar-refractivity contribution in [3.05, 3.63) is 106 Å². The molecule has 4 fully saturated rings. The van der Waals surface area contributed by atoms with Crippen molar-refractivity contribution in [1.82, 2.24) is 41.7 Å². The fraction of sp³-hybridized carbons (Fsp3) is 0.606. The summed E-state index contributed by atoms with van der Waals surface area (Å²) in [5.74, 6) is -2.85. The number of carbonyl (C=O) groups excluding carboxylic acids is 8. The molecule has 442 valence electrons.